The monoisotopic (exact) mass is 414 g/mol. The topological polar surface area (TPSA) is 84.5 Å². The summed E-state index contributed by atoms with van der Waals surface area (Å²) in [7, 11) is -2.24. The molecule has 2 bridgehead atoms. The summed E-state index contributed by atoms with van der Waals surface area (Å²) in [5.74, 6) is 1.77. The zero-order valence-electron chi connectivity index (χ0n) is 16.6. The van der Waals surface area contributed by atoms with E-state index in [0.29, 0.717) is 22.9 Å². The number of nitrogens with one attached hydrogen (secondary N) is 2. The molecule has 2 N–H and O–H groups in total. The van der Waals surface area contributed by atoms with Gasteiger partial charge in [0.2, 0.25) is 0 Å². The van der Waals surface area contributed by atoms with Crippen molar-refractivity contribution in [3.8, 4) is 5.75 Å². The van der Waals surface area contributed by atoms with Crippen LogP contribution in [0, 0.1) is 18.8 Å². The van der Waals surface area contributed by atoms with Crippen LogP contribution in [0.1, 0.15) is 41.6 Å². The molecular weight excluding hydrogens is 388 g/mol. The first-order valence-electron chi connectivity index (χ1n) is 9.94. The van der Waals surface area contributed by atoms with Gasteiger partial charge in [-0.1, -0.05) is 12.5 Å². The van der Waals surface area contributed by atoms with Gasteiger partial charge in [-0.05, 0) is 80.0 Å². The van der Waals surface area contributed by atoms with Gasteiger partial charge in [0, 0.05) is 11.6 Å². The van der Waals surface area contributed by atoms with Crippen LogP contribution >= 0.6 is 0 Å². The second kappa shape index (κ2) is 7.71. The van der Waals surface area contributed by atoms with E-state index in [-0.39, 0.29) is 16.8 Å². The first-order chi connectivity index (χ1) is 13.9. The number of fused-ring (bicyclic) bond motifs is 2. The molecule has 2 saturated carbocycles. The predicted octanol–water partition coefficient (Wildman–Crippen LogP) is 3.72. The third-order valence-corrected chi connectivity index (χ3v) is 7.55. The van der Waals surface area contributed by atoms with Gasteiger partial charge in [-0.2, -0.15) is 0 Å². The Balaban J connectivity index is 1.51. The molecule has 0 unspecified atom stereocenters. The van der Waals surface area contributed by atoms with Gasteiger partial charge in [0.25, 0.3) is 15.9 Å². The minimum atomic E-state index is -3.77. The third-order valence-electron chi connectivity index (χ3n) is 6.17. The Hall–Kier alpha value is -2.54. The van der Waals surface area contributed by atoms with E-state index in [4.69, 9.17) is 4.74 Å². The number of sulfonamides is 1. The summed E-state index contributed by atoms with van der Waals surface area (Å²) in [5.41, 5.74) is 1.62. The number of aryl methyl sites for hydroxylation is 1. The summed E-state index contributed by atoms with van der Waals surface area (Å²) in [6.07, 6.45) is 4.74. The quantitative estimate of drug-likeness (QED) is 0.754. The normalized spacial score (nSPS) is 23.0. The van der Waals surface area contributed by atoms with Gasteiger partial charge in [0.15, 0.2) is 0 Å². The van der Waals surface area contributed by atoms with E-state index in [0.717, 1.165) is 17.9 Å². The first-order valence-corrected chi connectivity index (χ1v) is 11.4. The Labute approximate surface area is 171 Å². The van der Waals surface area contributed by atoms with Crippen LogP contribution in [0.2, 0.25) is 0 Å². The highest BCUT2D eigenvalue weighted by molar-refractivity contribution is 7.92. The van der Waals surface area contributed by atoms with Crippen LogP contribution in [0.15, 0.2) is 47.4 Å². The molecule has 29 heavy (non-hydrogen) atoms. The number of hydrogen-bond donors (Lipinski definition) is 2. The number of anilines is 1. The largest absolute Gasteiger partial charge is 0.497 e. The van der Waals surface area contributed by atoms with E-state index in [2.05, 4.69) is 10.0 Å². The maximum Gasteiger partial charge on any atom is 0.261 e. The Morgan fingerprint density at radius 2 is 1.83 bits per heavy atom. The Kier molecular flexibility index (Phi) is 5.25. The number of carbonyl (C=O) groups is 1. The van der Waals surface area contributed by atoms with Crippen molar-refractivity contribution >= 4 is 21.6 Å². The molecule has 0 spiro atoms. The fraction of sp³-hybridized carbons (Fsp3) is 0.409. The SMILES string of the molecule is COc1ccc(S(=O)(=O)Nc2cc(C(=O)N[C@@H]3C[C@@H]4CC[C@@H]3C4)ccc2C)cc1. The first kappa shape index (κ1) is 19.8. The van der Waals surface area contributed by atoms with E-state index >= 15 is 0 Å². The minimum Gasteiger partial charge on any atom is -0.497 e. The summed E-state index contributed by atoms with van der Waals surface area (Å²) in [6, 6.07) is 11.5. The number of benzene rings is 2. The molecule has 0 radical (unpaired) electrons. The van der Waals surface area contributed by atoms with Crippen LogP contribution in [0.25, 0.3) is 0 Å². The van der Waals surface area contributed by atoms with Crippen molar-refractivity contribution in [1.82, 2.24) is 5.32 Å². The number of carbonyl (C=O) groups excluding carboxylic acids is 1. The van der Waals surface area contributed by atoms with Gasteiger partial charge >= 0.3 is 0 Å². The molecule has 2 aromatic carbocycles. The van der Waals surface area contributed by atoms with Crippen molar-refractivity contribution in [2.45, 2.75) is 43.5 Å². The molecule has 7 heteroatoms. The zero-order chi connectivity index (χ0) is 20.6. The van der Waals surface area contributed by atoms with E-state index in [1.165, 1.54) is 38.5 Å². The van der Waals surface area contributed by atoms with Crippen molar-refractivity contribution in [2.75, 3.05) is 11.8 Å². The standard InChI is InChI=1S/C22H26N2O4S/c1-14-3-5-17(22(25)23-21-12-15-4-6-16(21)11-15)13-20(14)24-29(26,27)19-9-7-18(28-2)8-10-19/h3,5,7-10,13,15-16,21,24H,4,6,11-12H2,1-2H3,(H,23,25)/t15-,16-,21-/m1/s1. The Bertz CT molecular complexity index is 1020. The lowest BCUT2D eigenvalue weighted by Crippen LogP contribution is -2.38. The van der Waals surface area contributed by atoms with E-state index in [1.54, 1.807) is 30.3 Å². The molecule has 4 rings (SSSR count). The van der Waals surface area contributed by atoms with Crippen LogP contribution in [0.5, 0.6) is 5.75 Å². The van der Waals surface area contributed by atoms with Crippen LogP contribution in [0.4, 0.5) is 5.69 Å². The molecule has 1 amide bonds. The number of hydrogen-bond acceptors (Lipinski definition) is 4. The smallest absolute Gasteiger partial charge is 0.261 e. The molecule has 0 heterocycles. The van der Waals surface area contributed by atoms with Crippen molar-refractivity contribution in [1.29, 1.82) is 0 Å². The van der Waals surface area contributed by atoms with E-state index in [1.807, 2.05) is 6.92 Å². The number of methoxy groups -OCH3 is 1. The summed E-state index contributed by atoms with van der Waals surface area (Å²) < 4.78 is 33.2. The Morgan fingerprint density at radius 1 is 1.07 bits per heavy atom. The fourth-order valence-electron chi connectivity index (χ4n) is 4.50. The van der Waals surface area contributed by atoms with E-state index < -0.39 is 10.0 Å². The van der Waals surface area contributed by atoms with Crippen molar-refractivity contribution < 1.29 is 17.9 Å². The zero-order valence-corrected chi connectivity index (χ0v) is 17.5. The highest BCUT2D eigenvalue weighted by atomic mass is 32.2. The molecule has 2 aromatic rings. The number of amides is 1. The Morgan fingerprint density at radius 3 is 2.45 bits per heavy atom. The van der Waals surface area contributed by atoms with Crippen LogP contribution in [-0.4, -0.2) is 27.5 Å². The molecule has 2 aliphatic rings. The average molecular weight is 415 g/mol. The lowest BCUT2D eigenvalue weighted by atomic mass is 9.95. The summed E-state index contributed by atoms with van der Waals surface area (Å²) >= 11 is 0. The van der Waals surface area contributed by atoms with E-state index in [9.17, 15) is 13.2 Å². The fourth-order valence-corrected chi connectivity index (χ4v) is 5.63. The van der Waals surface area contributed by atoms with Crippen LogP contribution in [0.3, 0.4) is 0 Å². The highest BCUT2D eigenvalue weighted by Gasteiger charge is 2.40. The molecule has 0 aliphatic heterocycles. The second-order valence-corrected chi connectivity index (χ2v) is 9.75. The summed E-state index contributed by atoms with van der Waals surface area (Å²) in [4.78, 5) is 12.9. The number of ether oxygens (including phenoxy) is 1. The van der Waals surface area contributed by atoms with Gasteiger partial charge in [0.1, 0.15) is 5.75 Å². The number of rotatable bonds is 6. The minimum absolute atomic E-state index is 0.134. The molecule has 6 nitrogen and oxygen atoms in total. The molecule has 0 aromatic heterocycles. The van der Waals surface area contributed by atoms with Gasteiger partial charge in [-0.3, -0.25) is 9.52 Å². The molecule has 2 fully saturated rings. The molecular formula is C22H26N2O4S. The molecule has 154 valence electrons. The summed E-state index contributed by atoms with van der Waals surface area (Å²) in [6.45, 7) is 1.81. The van der Waals surface area contributed by atoms with Gasteiger partial charge < -0.3 is 10.1 Å². The summed E-state index contributed by atoms with van der Waals surface area (Å²) in [5, 5.41) is 3.15. The highest BCUT2D eigenvalue weighted by Crippen LogP contribution is 2.44. The maximum absolute atomic E-state index is 12.7. The maximum atomic E-state index is 12.7. The molecule has 2 aliphatic carbocycles. The predicted molar refractivity (Wildman–Crippen MR) is 112 cm³/mol. The van der Waals surface area contributed by atoms with Gasteiger partial charge in [0.05, 0.1) is 17.7 Å². The molecule has 3 atom stereocenters. The van der Waals surface area contributed by atoms with Crippen LogP contribution < -0.4 is 14.8 Å². The molecule has 0 saturated heterocycles. The lowest BCUT2D eigenvalue weighted by Gasteiger charge is -2.23. The van der Waals surface area contributed by atoms with Crippen molar-refractivity contribution in [3.63, 3.8) is 0 Å². The van der Waals surface area contributed by atoms with Crippen molar-refractivity contribution in [2.24, 2.45) is 11.8 Å². The second-order valence-electron chi connectivity index (χ2n) is 8.07. The lowest BCUT2D eigenvalue weighted by molar-refractivity contribution is 0.0923. The third kappa shape index (κ3) is 4.10. The van der Waals surface area contributed by atoms with Gasteiger partial charge in [-0.25, -0.2) is 8.42 Å². The van der Waals surface area contributed by atoms with Gasteiger partial charge in [-0.15, -0.1) is 0 Å². The van der Waals surface area contributed by atoms with Crippen LogP contribution in [-0.2, 0) is 10.0 Å². The van der Waals surface area contributed by atoms with Crippen molar-refractivity contribution in [3.05, 3.63) is 53.6 Å². The average Bonchev–Trinajstić information content (AvgIpc) is 3.32.